The fourth-order valence-corrected chi connectivity index (χ4v) is 1.51. The van der Waals surface area contributed by atoms with Crippen molar-refractivity contribution >= 4 is 17.3 Å². The second-order valence-electron chi connectivity index (χ2n) is 3.31. The first kappa shape index (κ1) is 11.5. The molecular weight excluding hydrogens is 190 g/mol. The highest BCUT2D eigenvalue weighted by Crippen LogP contribution is 2.29. The van der Waals surface area contributed by atoms with Crippen LogP contribution in [0, 0.1) is 0 Å². The van der Waals surface area contributed by atoms with Gasteiger partial charge in [0.1, 0.15) is 5.69 Å². The fourth-order valence-electron chi connectivity index (χ4n) is 1.51. The summed E-state index contributed by atoms with van der Waals surface area (Å²) < 4.78 is 0. The van der Waals surface area contributed by atoms with Crippen LogP contribution in [0.25, 0.3) is 11.6 Å². The van der Waals surface area contributed by atoms with E-state index in [1.165, 1.54) is 0 Å². The zero-order valence-corrected chi connectivity index (χ0v) is 8.94. The van der Waals surface area contributed by atoms with Gasteiger partial charge in [-0.25, -0.2) is 0 Å². The molecule has 0 amide bonds. The van der Waals surface area contributed by atoms with Gasteiger partial charge in [0.05, 0.1) is 0 Å². The minimum atomic E-state index is 0.122. The van der Waals surface area contributed by atoms with Crippen molar-refractivity contribution in [1.29, 1.82) is 0 Å². The molecule has 0 aliphatic rings. The molecule has 0 aromatic heterocycles. The molecule has 0 radical (unpaired) electrons. The van der Waals surface area contributed by atoms with Gasteiger partial charge in [-0.15, -0.1) is 5.23 Å². The summed E-state index contributed by atoms with van der Waals surface area (Å²) in [6.07, 6.45) is 3.79. The lowest BCUT2D eigenvalue weighted by Crippen LogP contribution is -2.13. The molecule has 0 bridgehead atoms. The lowest BCUT2D eigenvalue weighted by atomic mass is 9.99. The van der Waals surface area contributed by atoms with E-state index >= 15 is 0 Å². The number of allylic oxidation sites excluding steroid dienone is 2. The molecule has 2 N–H and O–H groups in total. The maximum absolute atomic E-state index is 9.07. The molecule has 0 fully saturated rings. The molecule has 1 aromatic carbocycles. The molecule has 15 heavy (non-hydrogen) atoms. The van der Waals surface area contributed by atoms with Gasteiger partial charge < -0.3 is 0 Å². The second-order valence-corrected chi connectivity index (χ2v) is 3.31. The summed E-state index contributed by atoms with van der Waals surface area (Å²) >= 11 is 0. The molecule has 0 aliphatic carbocycles. The van der Waals surface area contributed by atoms with Crippen LogP contribution in [0.15, 0.2) is 30.9 Å². The molecule has 0 atom stereocenters. The number of benzene rings is 1. The van der Waals surface area contributed by atoms with E-state index in [-0.39, 0.29) is 5.23 Å². The van der Waals surface area contributed by atoms with Gasteiger partial charge in [-0.05, 0) is 31.1 Å². The van der Waals surface area contributed by atoms with Crippen LogP contribution >= 0.6 is 0 Å². The van der Waals surface area contributed by atoms with Crippen molar-refractivity contribution in [3.05, 3.63) is 42.0 Å². The third kappa shape index (κ3) is 2.46. The summed E-state index contributed by atoms with van der Waals surface area (Å²) in [6, 6.07) is 5.28. The number of anilines is 1. The highest BCUT2D eigenvalue weighted by Gasteiger charge is 2.10. The molecule has 1 aromatic rings. The maximum Gasteiger partial charge on any atom is 0.102 e. The van der Waals surface area contributed by atoms with E-state index in [4.69, 9.17) is 10.4 Å². The summed E-state index contributed by atoms with van der Waals surface area (Å²) in [6.45, 7) is 7.56. The Morgan fingerprint density at radius 2 is 2.07 bits per heavy atom. The van der Waals surface area contributed by atoms with Crippen LogP contribution in [0.2, 0.25) is 0 Å². The van der Waals surface area contributed by atoms with Crippen molar-refractivity contribution in [2.75, 3.05) is 5.23 Å². The molecule has 0 spiro atoms. The molecule has 0 saturated carbocycles. The Morgan fingerprint density at radius 1 is 1.40 bits per heavy atom. The summed E-state index contributed by atoms with van der Waals surface area (Å²) in [5.74, 6) is 0. The molecule has 3 nitrogen and oxygen atoms in total. The Labute approximate surface area is 89.5 Å². The topological polar surface area (TPSA) is 43.7 Å². The monoisotopic (exact) mass is 205 g/mol. The average Bonchev–Trinajstić information content (AvgIpc) is 2.17. The van der Waals surface area contributed by atoms with Crippen LogP contribution in [0.5, 0.6) is 0 Å². The first-order valence-corrected chi connectivity index (χ1v) is 4.67. The van der Waals surface area contributed by atoms with E-state index in [0.717, 1.165) is 16.7 Å². The van der Waals surface area contributed by atoms with Crippen molar-refractivity contribution in [1.82, 2.24) is 0 Å². The molecule has 0 heterocycles. The highest BCUT2D eigenvalue weighted by atomic mass is 16.8. The molecule has 0 saturated heterocycles. The smallest absolute Gasteiger partial charge is 0.102 e. The van der Waals surface area contributed by atoms with E-state index in [2.05, 4.69) is 6.58 Å². The summed E-state index contributed by atoms with van der Waals surface area (Å²) in [5, 5.41) is 18.3. The van der Waals surface area contributed by atoms with Crippen LogP contribution in [0.4, 0.5) is 5.69 Å². The number of hydrogen-bond donors (Lipinski definition) is 2. The van der Waals surface area contributed by atoms with E-state index in [1.54, 1.807) is 12.1 Å². The molecule has 0 aliphatic heterocycles. The average molecular weight is 205 g/mol. The van der Waals surface area contributed by atoms with Gasteiger partial charge in [0.25, 0.3) is 0 Å². The highest BCUT2D eigenvalue weighted by molar-refractivity contribution is 5.80. The normalized spacial score (nSPS) is 10.7. The van der Waals surface area contributed by atoms with E-state index < -0.39 is 0 Å². The van der Waals surface area contributed by atoms with E-state index in [9.17, 15) is 0 Å². The van der Waals surface area contributed by atoms with Gasteiger partial charge in [-0.3, -0.25) is 10.4 Å². The van der Waals surface area contributed by atoms with Gasteiger partial charge in [0.15, 0.2) is 0 Å². The van der Waals surface area contributed by atoms with Crippen LogP contribution in [0.3, 0.4) is 0 Å². The van der Waals surface area contributed by atoms with Crippen LogP contribution < -0.4 is 5.23 Å². The van der Waals surface area contributed by atoms with Crippen molar-refractivity contribution in [2.24, 2.45) is 0 Å². The summed E-state index contributed by atoms with van der Waals surface area (Å²) in [5.41, 5.74) is 2.76. The lowest BCUT2D eigenvalue weighted by molar-refractivity contribution is 0.0290. The first-order chi connectivity index (χ1) is 7.07. The molecule has 80 valence electrons. The number of hydrogen-bond acceptors (Lipinski definition) is 3. The SMILES string of the molecule is C=C(C)c1c(C=CC)cccc1N(O)O. The standard InChI is InChI=1S/C12H15NO2/c1-4-6-10-7-5-8-11(13(14)15)12(10)9(2)3/h4-8,14-15H,2H2,1,3H3. The third-order valence-electron chi connectivity index (χ3n) is 2.06. The number of rotatable bonds is 3. The zero-order chi connectivity index (χ0) is 11.4. The minimum absolute atomic E-state index is 0.122. The summed E-state index contributed by atoms with van der Waals surface area (Å²) in [7, 11) is 0. The predicted octanol–water partition coefficient (Wildman–Crippen LogP) is 3.34. The lowest BCUT2D eigenvalue weighted by Gasteiger charge is -2.15. The molecule has 3 heteroatoms. The molecular formula is C12H15NO2. The Balaban J connectivity index is 3.41. The van der Waals surface area contributed by atoms with E-state index in [1.807, 2.05) is 32.1 Å². The largest absolute Gasteiger partial charge is 0.264 e. The zero-order valence-electron chi connectivity index (χ0n) is 8.94. The van der Waals surface area contributed by atoms with Crippen molar-refractivity contribution < 1.29 is 10.4 Å². The van der Waals surface area contributed by atoms with Crippen LogP contribution in [-0.4, -0.2) is 10.4 Å². The van der Waals surface area contributed by atoms with Gasteiger partial charge in [0.2, 0.25) is 0 Å². The van der Waals surface area contributed by atoms with Crippen molar-refractivity contribution in [2.45, 2.75) is 13.8 Å². The van der Waals surface area contributed by atoms with Gasteiger partial charge in [-0.1, -0.05) is 30.9 Å². The Hall–Kier alpha value is -1.58. The second kappa shape index (κ2) is 4.77. The van der Waals surface area contributed by atoms with Crippen LogP contribution in [0.1, 0.15) is 25.0 Å². The van der Waals surface area contributed by atoms with Gasteiger partial charge in [-0.2, -0.15) is 0 Å². The predicted molar refractivity (Wildman–Crippen MR) is 61.9 cm³/mol. The van der Waals surface area contributed by atoms with Gasteiger partial charge in [0, 0.05) is 5.56 Å². The molecule has 1 rings (SSSR count). The summed E-state index contributed by atoms with van der Waals surface area (Å²) in [4.78, 5) is 0. The van der Waals surface area contributed by atoms with Crippen molar-refractivity contribution in [3.63, 3.8) is 0 Å². The maximum atomic E-state index is 9.07. The third-order valence-corrected chi connectivity index (χ3v) is 2.06. The van der Waals surface area contributed by atoms with Gasteiger partial charge >= 0.3 is 0 Å². The first-order valence-electron chi connectivity index (χ1n) is 4.67. The van der Waals surface area contributed by atoms with E-state index in [0.29, 0.717) is 5.69 Å². The van der Waals surface area contributed by atoms with Crippen molar-refractivity contribution in [3.8, 4) is 0 Å². The molecule has 0 unspecified atom stereocenters. The quantitative estimate of drug-likeness (QED) is 0.744. The minimum Gasteiger partial charge on any atom is -0.264 e. The Morgan fingerprint density at radius 3 is 2.53 bits per heavy atom. The fraction of sp³-hybridized carbons (Fsp3) is 0.167. The Kier molecular flexibility index (Phi) is 3.66. The number of nitrogens with zero attached hydrogens (tertiary/aromatic N) is 1. The Bertz CT molecular complexity index is 395. The van der Waals surface area contributed by atoms with Crippen LogP contribution in [-0.2, 0) is 0 Å².